The van der Waals surface area contributed by atoms with E-state index in [9.17, 15) is 0 Å². The zero-order valence-corrected chi connectivity index (χ0v) is 6.75. The third kappa shape index (κ3) is 7.44. The first-order valence-corrected chi connectivity index (χ1v) is 3.78. The van der Waals surface area contributed by atoms with Gasteiger partial charge in [0.25, 0.3) is 0 Å². The van der Waals surface area contributed by atoms with Gasteiger partial charge < -0.3 is 5.11 Å². The van der Waals surface area contributed by atoms with E-state index in [1.807, 2.05) is 12.2 Å². The van der Waals surface area contributed by atoms with E-state index >= 15 is 0 Å². The van der Waals surface area contributed by atoms with Gasteiger partial charge in [-0.05, 0) is 13.3 Å². The van der Waals surface area contributed by atoms with Gasteiger partial charge in [-0.1, -0.05) is 37.6 Å². The summed E-state index contributed by atoms with van der Waals surface area (Å²) in [5.41, 5.74) is 0. The fraction of sp³-hybridized carbons (Fsp3) is 0.556. The van der Waals surface area contributed by atoms with E-state index in [1.165, 1.54) is 6.42 Å². The van der Waals surface area contributed by atoms with Gasteiger partial charge in [0, 0.05) is 0 Å². The van der Waals surface area contributed by atoms with E-state index in [4.69, 9.17) is 5.11 Å². The van der Waals surface area contributed by atoms with E-state index in [1.54, 1.807) is 13.0 Å². The Kier molecular flexibility index (Phi) is 6.19. The molecule has 0 radical (unpaired) electrons. The van der Waals surface area contributed by atoms with Crippen LogP contribution in [0.15, 0.2) is 24.3 Å². The fourth-order valence-corrected chi connectivity index (χ4v) is 0.566. The molecule has 0 aliphatic heterocycles. The zero-order chi connectivity index (χ0) is 7.82. The van der Waals surface area contributed by atoms with Crippen molar-refractivity contribution in [2.45, 2.75) is 32.8 Å². The van der Waals surface area contributed by atoms with Crippen molar-refractivity contribution in [3.63, 3.8) is 0 Å². The normalized spacial score (nSPS) is 15.1. The first-order chi connectivity index (χ1) is 4.77. The maximum absolute atomic E-state index is 8.79. The van der Waals surface area contributed by atoms with E-state index < -0.39 is 0 Å². The Balaban J connectivity index is 3.32. The smallest absolute Gasteiger partial charge is 0.0695 e. The Morgan fingerprint density at radius 3 is 2.60 bits per heavy atom. The SMILES string of the molecule is CCC/C=C/C=C/C(C)O. The van der Waals surface area contributed by atoms with Crippen LogP contribution in [0, 0.1) is 0 Å². The lowest BCUT2D eigenvalue weighted by Crippen LogP contribution is -1.90. The molecular formula is C9H16O. The summed E-state index contributed by atoms with van der Waals surface area (Å²) in [4.78, 5) is 0. The summed E-state index contributed by atoms with van der Waals surface area (Å²) in [7, 11) is 0. The third-order valence-electron chi connectivity index (χ3n) is 1.09. The molecule has 10 heavy (non-hydrogen) atoms. The highest BCUT2D eigenvalue weighted by Gasteiger charge is 1.80. The summed E-state index contributed by atoms with van der Waals surface area (Å²) in [6.07, 6.45) is 9.66. The van der Waals surface area contributed by atoms with E-state index in [2.05, 4.69) is 13.0 Å². The fourth-order valence-electron chi connectivity index (χ4n) is 0.566. The molecule has 1 N–H and O–H groups in total. The molecular weight excluding hydrogens is 124 g/mol. The van der Waals surface area contributed by atoms with Crippen molar-refractivity contribution in [2.75, 3.05) is 0 Å². The molecule has 0 spiro atoms. The molecule has 0 amide bonds. The minimum atomic E-state index is -0.328. The maximum atomic E-state index is 8.79. The predicted molar refractivity (Wildman–Crippen MR) is 44.9 cm³/mol. The molecule has 0 fully saturated rings. The van der Waals surface area contributed by atoms with Crippen LogP contribution in [0.3, 0.4) is 0 Å². The maximum Gasteiger partial charge on any atom is 0.0695 e. The van der Waals surface area contributed by atoms with Gasteiger partial charge in [0.05, 0.1) is 6.10 Å². The largest absolute Gasteiger partial charge is 0.389 e. The Labute approximate surface area is 63.1 Å². The molecule has 1 atom stereocenters. The molecule has 1 nitrogen and oxygen atoms in total. The number of hydrogen-bond donors (Lipinski definition) is 1. The lowest BCUT2D eigenvalue weighted by molar-refractivity contribution is 0.244. The summed E-state index contributed by atoms with van der Waals surface area (Å²) < 4.78 is 0. The molecule has 0 heterocycles. The van der Waals surface area contributed by atoms with Crippen LogP contribution >= 0.6 is 0 Å². The van der Waals surface area contributed by atoms with Crippen molar-refractivity contribution in [3.05, 3.63) is 24.3 Å². The van der Waals surface area contributed by atoms with Crippen molar-refractivity contribution < 1.29 is 5.11 Å². The van der Waals surface area contributed by atoms with Crippen LogP contribution in [-0.4, -0.2) is 11.2 Å². The lowest BCUT2D eigenvalue weighted by Gasteiger charge is -1.88. The molecule has 0 aromatic carbocycles. The van der Waals surface area contributed by atoms with Crippen LogP contribution in [0.4, 0.5) is 0 Å². The summed E-state index contributed by atoms with van der Waals surface area (Å²) in [5, 5.41) is 8.79. The topological polar surface area (TPSA) is 20.2 Å². The first kappa shape index (κ1) is 9.44. The Bertz CT molecular complexity index is 112. The molecule has 0 aliphatic rings. The number of hydrogen-bond acceptors (Lipinski definition) is 1. The number of unbranched alkanes of at least 4 members (excludes halogenated alkanes) is 1. The monoisotopic (exact) mass is 140 g/mol. The molecule has 0 aliphatic carbocycles. The van der Waals surface area contributed by atoms with Gasteiger partial charge in [0.2, 0.25) is 0 Å². The minimum absolute atomic E-state index is 0.328. The predicted octanol–water partition coefficient (Wildman–Crippen LogP) is 2.28. The second kappa shape index (κ2) is 6.56. The molecule has 0 rings (SSSR count). The highest BCUT2D eigenvalue weighted by Crippen LogP contribution is 1.89. The van der Waals surface area contributed by atoms with Gasteiger partial charge in [-0.15, -0.1) is 0 Å². The Hall–Kier alpha value is -0.560. The summed E-state index contributed by atoms with van der Waals surface area (Å²) >= 11 is 0. The van der Waals surface area contributed by atoms with Gasteiger partial charge in [-0.2, -0.15) is 0 Å². The van der Waals surface area contributed by atoms with Crippen molar-refractivity contribution in [1.29, 1.82) is 0 Å². The molecule has 58 valence electrons. The average Bonchev–Trinajstić information content (AvgIpc) is 1.87. The van der Waals surface area contributed by atoms with E-state index in [0.29, 0.717) is 0 Å². The van der Waals surface area contributed by atoms with Crippen molar-refractivity contribution in [1.82, 2.24) is 0 Å². The Morgan fingerprint density at radius 1 is 1.40 bits per heavy atom. The zero-order valence-electron chi connectivity index (χ0n) is 6.75. The van der Waals surface area contributed by atoms with Gasteiger partial charge in [-0.25, -0.2) is 0 Å². The van der Waals surface area contributed by atoms with E-state index in [0.717, 1.165) is 6.42 Å². The second-order valence-corrected chi connectivity index (χ2v) is 2.34. The van der Waals surface area contributed by atoms with Crippen LogP contribution in [0.5, 0.6) is 0 Å². The van der Waals surface area contributed by atoms with Crippen LogP contribution < -0.4 is 0 Å². The molecule has 1 heteroatoms. The quantitative estimate of drug-likeness (QED) is 0.594. The highest BCUT2D eigenvalue weighted by atomic mass is 16.3. The van der Waals surface area contributed by atoms with Crippen LogP contribution in [-0.2, 0) is 0 Å². The number of allylic oxidation sites excluding steroid dienone is 3. The van der Waals surface area contributed by atoms with Crippen LogP contribution in [0.25, 0.3) is 0 Å². The van der Waals surface area contributed by atoms with Crippen molar-refractivity contribution >= 4 is 0 Å². The van der Waals surface area contributed by atoms with Gasteiger partial charge in [-0.3, -0.25) is 0 Å². The number of aliphatic hydroxyl groups excluding tert-OH is 1. The molecule has 0 saturated carbocycles. The van der Waals surface area contributed by atoms with Crippen LogP contribution in [0.1, 0.15) is 26.7 Å². The third-order valence-corrected chi connectivity index (χ3v) is 1.09. The summed E-state index contributed by atoms with van der Waals surface area (Å²) in [5.74, 6) is 0. The highest BCUT2D eigenvalue weighted by molar-refractivity contribution is 5.03. The number of rotatable bonds is 4. The second-order valence-electron chi connectivity index (χ2n) is 2.34. The summed E-state index contributed by atoms with van der Waals surface area (Å²) in [6, 6.07) is 0. The standard InChI is InChI=1S/C9H16O/c1-3-4-5-6-7-8-9(2)10/h5-10H,3-4H2,1-2H3/b6-5+,8-7+. The average molecular weight is 140 g/mol. The van der Waals surface area contributed by atoms with Crippen molar-refractivity contribution in [2.24, 2.45) is 0 Å². The Morgan fingerprint density at radius 2 is 2.10 bits per heavy atom. The van der Waals surface area contributed by atoms with Crippen molar-refractivity contribution in [3.8, 4) is 0 Å². The first-order valence-electron chi connectivity index (χ1n) is 3.78. The molecule has 1 unspecified atom stereocenters. The summed E-state index contributed by atoms with van der Waals surface area (Å²) in [6.45, 7) is 3.88. The minimum Gasteiger partial charge on any atom is -0.389 e. The lowest BCUT2D eigenvalue weighted by atomic mass is 10.3. The van der Waals surface area contributed by atoms with Gasteiger partial charge in [0.1, 0.15) is 0 Å². The number of aliphatic hydroxyl groups is 1. The molecule has 0 aromatic rings. The van der Waals surface area contributed by atoms with Gasteiger partial charge in [0.15, 0.2) is 0 Å². The van der Waals surface area contributed by atoms with Gasteiger partial charge >= 0.3 is 0 Å². The molecule has 0 aromatic heterocycles. The molecule has 0 bridgehead atoms. The van der Waals surface area contributed by atoms with Crippen LogP contribution in [0.2, 0.25) is 0 Å². The van der Waals surface area contributed by atoms with E-state index in [-0.39, 0.29) is 6.10 Å². The molecule has 0 saturated heterocycles.